The summed E-state index contributed by atoms with van der Waals surface area (Å²) in [6.45, 7) is -0.379. The Hall–Kier alpha value is -5.87. The number of carbonyl (C=O) groups is 2. The van der Waals surface area contributed by atoms with Crippen LogP contribution in [0, 0.1) is 0 Å². The van der Waals surface area contributed by atoms with Crippen LogP contribution in [0.15, 0.2) is 69.1 Å². The van der Waals surface area contributed by atoms with Crippen molar-refractivity contribution in [2.24, 2.45) is 0 Å². The average Bonchev–Trinajstić information content (AvgIpc) is 3.99. The molecule has 424 valence electrons. The summed E-state index contributed by atoms with van der Waals surface area (Å²) in [5.41, 5.74) is 11.1. The van der Waals surface area contributed by atoms with E-state index < -0.39 is 113 Å². The minimum Gasteiger partial charge on any atom is -0.744 e. The molecule has 2 aliphatic heterocycles. The summed E-state index contributed by atoms with van der Waals surface area (Å²) in [5.74, 6) is -1.48. The number of aliphatic hydroxyl groups excluding tert-OH is 2. The normalized spacial score (nSPS) is 18.7. The van der Waals surface area contributed by atoms with E-state index in [0.29, 0.717) is 32.2 Å². The lowest BCUT2D eigenvalue weighted by Crippen LogP contribution is -2.47. The molecule has 2 aromatic heterocycles. The number of unbranched alkanes of at least 4 members (excludes halogenated alkanes) is 3. The summed E-state index contributed by atoms with van der Waals surface area (Å²) in [5, 5.41) is 33.1. The molecule has 4 heterocycles. The third kappa shape index (κ3) is 13.7. The predicted molar refractivity (Wildman–Crippen MR) is 267 cm³/mol. The number of nitrogens with one attached hydrogen (secondary N) is 2. The Morgan fingerprint density at radius 1 is 0.885 bits per heavy atom. The third-order valence-corrected chi connectivity index (χ3v) is 17.5. The smallest absolute Gasteiger partial charge is 0.490 e. The summed E-state index contributed by atoms with van der Waals surface area (Å²) in [4.78, 5) is 75.6. The SMILES string of the molecule is CN(CCCC(=O)NCCCCCCNc1nc2c(N)ncnc2n1[C@@H]1O[C@H](COP(=O)(O)OP(=O)(O)OP(=O)(O)O)[C@@H](O)[C@H]1O)C(=O)c1ccccc1-c1c2ccc(=[NH2+])c(S(=O)(=O)O)c-2oc2c(S(=O)(=O)[O-])c(N)ccc12. The predicted octanol–water partition coefficient (Wildman–Crippen LogP) is -0.0773. The summed E-state index contributed by atoms with van der Waals surface area (Å²) in [6, 6.07) is 11.0. The van der Waals surface area contributed by atoms with Gasteiger partial charge in [0.25, 0.3) is 5.91 Å². The average molecular weight is 1190 g/mol. The van der Waals surface area contributed by atoms with Crippen molar-refractivity contribution in [1.29, 1.82) is 0 Å². The quantitative estimate of drug-likeness (QED) is 0.0124. The molecule has 1 aliphatic carbocycles. The maximum Gasteiger partial charge on any atom is 0.490 e. The molecule has 15 N–H and O–H groups in total. The van der Waals surface area contributed by atoms with Crippen LogP contribution in [-0.2, 0) is 56.6 Å². The van der Waals surface area contributed by atoms with E-state index in [4.69, 9.17) is 35.8 Å². The van der Waals surface area contributed by atoms with Gasteiger partial charge in [0, 0.05) is 61.2 Å². The van der Waals surface area contributed by atoms with Gasteiger partial charge in [0.2, 0.25) is 22.1 Å². The van der Waals surface area contributed by atoms with Gasteiger partial charge in [0.1, 0.15) is 39.7 Å². The minimum absolute atomic E-state index is 0.0274. The number of ether oxygens (including phenoxy) is 1. The first-order valence-electron chi connectivity index (χ1n) is 22.9. The number of phosphoric ester groups is 1. The first kappa shape index (κ1) is 59.8. The number of imidazole rings is 1. The Balaban J connectivity index is 0.911. The highest BCUT2D eigenvalue weighted by Gasteiger charge is 2.48. The molecule has 2 amide bonds. The number of hydrogen-bond acceptors (Lipinski definition) is 23. The van der Waals surface area contributed by atoms with E-state index >= 15 is 0 Å². The van der Waals surface area contributed by atoms with Crippen molar-refractivity contribution in [3.63, 3.8) is 0 Å². The number of rotatable bonds is 24. The molecule has 1 saturated heterocycles. The largest absolute Gasteiger partial charge is 0.744 e. The van der Waals surface area contributed by atoms with Crippen LogP contribution in [0.3, 0.4) is 0 Å². The van der Waals surface area contributed by atoms with E-state index in [0.717, 1.165) is 18.5 Å². The molecule has 2 unspecified atom stereocenters. The lowest BCUT2D eigenvalue weighted by atomic mass is 9.90. The van der Waals surface area contributed by atoms with Crippen LogP contribution in [0.5, 0.6) is 0 Å². The number of nitrogens with two attached hydrogens (primary N) is 3. The molecule has 78 heavy (non-hydrogen) atoms. The van der Waals surface area contributed by atoms with Crippen LogP contribution in [0.4, 0.5) is 17.5 Å². The van der Waals surface area contributed by atoms with Crippen molar-refractivity contribution in [3.05, 3.63) is 65.8 Å². The second-order valence-corrected chi connectivity index (χ2v) is 24.5. The zero-order valence-corrected chi connectivity index (χ0v) is 44.8. The third-order valence-electron chi connectivity index (χ3n) is 11.8. The molecule has 0 saturated carbocycles. The second-order valence-electron chi connectivity index (χ2n) is 17.4. The minimum atomic E-state index is -5.84. The molecular weight excluding hydrogens is 1140 g/mol. The molecule has 37 heteroatoms. The van der Waals surface area contributed by atoms with Gasteiger partial charge in [-0.1, -0.05) is 31.0 Å². The van der Waals surface area contributed by atoms with Crippen molar-refractivity contribution in [2.45, 2.75) is 72.9 Å². The van der Waals surface area contributed by atoms with Gasteiger partial charge in [0.15, 0.2) is 34.6 Å². The van der Waals surface area contributed by atoms with Crippen LogP contribution < -0.4 is 32.9 Å². The van der Waals surface area contributed by atoms with E-state index in [-0.39, 0.29) is 82.4 Å². The maximum absolute atomic E-state index is 14.1. The highest BCUT2D eigenvalue weighted by molar-refractivity contribution is 7.86. The van der Waals surface area contributed by atoms with Gasteiger partial charge in [-0.3, -0.25) is 28.6 Å². The highest BCUT2D eigenvalue weighted by atomic mass is 32.2. The Kier molecular flexibility index (Phi) is 18.0. The number of hydrogen-bond donors (Lipinski definition) is 12. The van der Waals surface area contributed by atoms with Gasteiger partial charge in [-0.2, -0.15) is 17.0 Å². The van der Waals surface area contributed by atoms with E-state index in [2.05, 4.69) is 38.7 Å². The van der Waals surface area contributed by atoms with E-state index in [9.17, 15) is 69.2 Å². The van der Waals surface area contributed by atoms with Gasteiger partial charge in [-0.05, 0) is 49.1 Å². The van der Waals surface area contributed by atoms with Crippen LogP contribution in [-0.4, -0.2) is 144 Å². The Morgan fingerprint density at radius 2 is 1.58 bits per heavy atom. The van der Waals surface area contributed by atoms with E-state index in [1.165, 1.54) is 40.8 Å². The Morgan fingerprint density at radius 3 is 2.26 bits per heavy atom. The van der Waals surface area contributed by atoms with Crippen LogP contribution in [0.2, 0.25) is 0 Å². The van der Waals surface area contributed by atoms with Crippen molar-refractivity contribution in [3.8, 4) is 22.5 Å². The Bertz CT molecular complexity index is 3690. The number of phosphoric acid groups is 3. The molecule has 7 rings (SSSR count). The van der Waals surface area contributed by atoms with Gasteiger partial charge >= 0.3 is 33.6 Å². The molecular formula is C41H51N10O22P3S2. The zero-order valence-electron chi connectivity index (χ0n) is 40.5. The summed E-state index contributed by atoms with van der Waals surface area (Å²) in [6.07, 6.45) is -2.93. The molecule has 32 nitrogen and oxygen atoms in total. The van der Waals surface area contributed by atoms with Gasteiger partial charge in [0.05, 0.1) is 12.3 Å². The van der Waals surface area contributed by atoms with Gasteiger partial charge < -0.3 is 70.5 Å². The summed E-state index contributed by atoms with van der Waals surface area (Å²) < 4.78 is 132. The number of carbonyl (C=O) groups excluding carboxylic acids is 2. The molecule has 2 aromatic carbocycles. The number of benzene rings is 3. The van der Waals surface area contributed by atoms with Crippen LogP contribution in [0.1, 0.15) is 55.1 Å². The van der Waals surface area contributed by atoms with Crippen molar-refractivity contribution >= 4 is 95.1 Å². The molecule has 0 radical (unpaired) electrons. The van der Waals surface area contributed by atoms with Crippen molar-refractivity contribution in [1.82, 2.24) is 29.7 Å². The van der Waals surface area contributed by atoms with Crippen molar-refractivity contribution < 1.29 is 107 Å². The van der Waals surface area contributed by atoms with E-state index in [1.54, 1.807) is 12.1 Å². The highest BCUT2D eigenvalue weighted by Crippen LogP contribution is 2.66. The molecule has 6 atom stereocenters. The second kappa shape index (κ2) is 23.5. The fourth-order valence-corrected chi connectivity index (χ4v) is 13.0. The monoisotopic (exact) mass is 1190 g/mol. The fourth-order valence-electron chi connectivity index (χ4n) is 8.45. The van der Waals surface area contributed by atoms with Crippen LogP contribution >= 0.6 is 23.5 Å². The summed E-state index contributed by atoms with van der Waals surface area (Å²) >= 11 is 0. The zero-order chi connectivity index (χ0) is 57.3. The van der Waals surface area contributed by atoms with E-state index in [1.807, 2.05) is 0 Å². The molecule has 0 bridgehead atoms. The number of aromatic nitrogens is 4. The summed E-state index contributed by atoms with van der Waals surface area (Å²) in [7, 11) is -26.1. The topological polar surface area (TPSA) is 517 Å². The maximum atomic E-state index is 14.1. The molecule has 3 aliphatic rings. The Labute approximate surface area is 441 Å². The number of nitrogen functional groups attached to an aromatic ring is 2. The number of nitrogens with zero attached hydrogens (tertiary/aromatic N) is 5. The number of amides is 2. The lowest BCUT2D eigenvalue weighted by Gasteiger charge is -2.23. The van der Waals surface area contributed by atoms with Crippen molar-refractivity contribution in [2.75, 3.05) is 50.1 Å². The first-order valence-corrected chi connectivity index (χ1v) is 30.2. The fraction of sp³-hybridized carbons (Fsp3) is 0.366. The first-order chi connectivity index (χ1) is 36.4. The molecule has 1 fully saturated rings. The van der Waals surface area contributed by atoms with Crippen LogP contribution in [0.25, 0.3) is 44.6 Å². The molecule has 0 spiro atoms. The number of anilines is 3. The van der Waals surface area contributed by atoms with Gasteiger partial charge in [-0.15, -0.1) is 0 Å². The molecule has 4 aromatic rings. The number of aliphatic hydroxyl groups is 2. The standard InChI is InChI=1S/C41H51N10O22P3S2/c1-50(39(55)22-10-5-4-9-21(22)29-23-12-14-25(42)35(77(63,64)65)33(23)71-34-24(29)13-15-26(43)36(34)78(66,67)68)18-8-11-28(52)45-16-6-2-3-7-17-46-41-49-30-37(44)47-20-48-38(30)51(41)40-32(54)31(53)27(70-40)19-69-75(59,60)73-76(61,62)72-74(56,57)58/h4-5,9-10,12-15,20,27,31-32,40,42,53-54H,2-3,6-8,11,16-19,43H2,1H3,(H,45,52)(H,46,49)(H,59,60)(H,61,62)(H2,44,47,48)(H2,56,57,58)(H,63,64,65)(H,66,67,68)/t27-,31-,32-,40-/m1/s1. The number of fused-ring (bicyclic) bond motifs is 3. The van der Waals surface area contributed by atoms with Gasteiger partial charge in [-0.25, -0.2) is 37.1 Å². The lowest BCUT2D eigenvalue weighted by molar-refractivity contribution is -0.176.